The van der Waals surface area contributed by atoms with Gasteiger partial charge in [-0.1, -0.05) is 12.2 Å². The number of nitrogens with zero attached hydrogens (tertiary/aromatic N) is 5. The molecular weight excluding hydrogens is 511 g/mol. The van der Waals surface area contributed by atoms with Gasteiger partial charge < -0.3 is 20.0 Å². The van der Waals surface area contributed by atoms with Gasteiger partial charge in [0.15, 0.2) is 0 Å². The maximum absolute atomic E-state index is 14.3. The van der Waals surface area contributed by atoms with Crippen molar-refractivity contribution in [3.8, 4) is 6.07 Å². The van der Waals surface area contributed by atoms with E-state index in [0.29, 0.717) is 49.6 Å². The Balaban J connectivity index is 1.24. The first-order valence-corrected chi connectivity index (χ1v) is 13.8. The molecule has 2 atom stereocenters. The molecule has 6 rings (SSSR count). The smallest absolute Gasteiger partial charge is 0.270 e. The van der Waals surface area contributed by atoms with Crippen LogP contribution in [0.25, 0.3) is 0 Å². The van der Waals surface area contributed by atoms with Crippen LogP contribution in [-0.2, 0) is 9.59 Å². The van der Waals surface area contributed by atoms with E-state index in [-0.39, 0.29) is 23.2 Å². The number of fused-ring (bicyclic) bond motifs is 1. The molecule has 3 amide bonds. The van der Waals surface area contributed by atoms with E-state index in [1.165, 1.54) is 18.2 Å². The van der Waals surface area contributed by atoms with E-state index in [9.17, 15) is 24.0 Å². The van der Waals surface area contributed by atoms with Gasteiger partial charge in [0.1, 0.15) is 5.83 Å². The fourth-order valence-corrected chi connectivity index (χ4v) is 6.00. The summed E-state index contributed by atoms with van der Waals surface area (Å²) in [6.07, 6.45) is 8.28. The Labute approximate surface area is 232 Å². The maximum atomic E-state index is 14.3. The van der Waals surface area contributed by atoms with Gasteiger partial charge in [-0.05, 0) is 56.0 Å². The van der Waals surface area contributed by atoms with Crippen molar-refractivity contribution in [3.63, 3.8) is 0 Å². The topological polar surface area (TPSA) is 109 Å². The van der Waals surface area contributed by atoms with Gasteiger partial charge in [-0.25, -0.2) is 9.38 Å². The highest BCUT2D eigenvalue weighted by Gasteiger charge is 2.37. The molecule has 9 nitrogen and oxygen atoms in total. The summed E-state index contributed by atoms with van der Waals surface area (Å²) in [5.41, 5.74) is 3.07. The molecule has 1 aromatic carbocycles. The summed E-state index contributed by atoms with van der Waals surface area (Å²) in [7, 11) is 2.04. The molecule has 2 aliphatic carbocycles. The predicted octanol–water partition coefficient (Wildman–Crippen LogP) is 2.47. The normalized spacial score (nSPS) is 24.6. The lowest BCUT2D eigenvalue weighted by atomic mass is 9.87. The summed E-state index contributed by atoms with van der Waals surface area (Å²) < 4.78 is 14.3. The molecule has 0 radical (unpaired) electrons. The van der Waals surface area contributed by atoms with Crippen molar-refractivity contribution in [2.45, 2.75) is 31.2 Å². The molecule has 206 valence electrons. The Hall–Kier alpha value is -4.10. The van der Waals surface area contributed by atoms with Crippen molar-refractivity contribution in [1.82, 2.24) is 15.1 Å². The van der Waals surface area contributed by atoms with Gasteiger partial charge in [0.05, 0.1) is 34.5 Å². The number of likely N-dealkylation sites (N-methyl/N-ethyl adjacent to an activating group) is 1. The molecule has 0 bridgehead atoms. The fourth-order valence-electron chi connectivity index (χ4n) is 6.00. The highest BCUT2D eigenvalue weighted by molar-refractivity contribution is 6.19. The number of anilines is 1. The monoisotopic (exact) mass is 542 g/mol. The first-order valence-electron chi connectivity index (χ1n) is 13.8. The molecule has 0 spiro atoms. The first kappa shape index (κ1) is 26.1. The van der Waals surface area contributed by atoms with Gasteiger partial charge in [0.25, 0.3) is 11.8 Å². The second kappa shape index (κ2) is 10.5. The van der Waals surface area contributed by atoms with Crippen LogP contribution in [0, 0.1) is 17.2 Å². The van der Waals surface area contributed by atoms with Crippen LogP contribution in [0.15, 0.2) is 52.8 Å². The minimum atomic E-state index is -0.701. The van der Waals surface area contributed by atoms with Crippen LogP contribution in [0.1, 0.15) is 46.7 Å². The van der Waals surface area contributed by atoms with Gasteiger partial charge in [-0.15, -0.1) is 0 Å². The molecule has 1 saturated carbocycles. The highest BCUT2D eigenvalue weighted by atomic mass is 19.1. The molecule has 1 N–H and O–H groups in total. The maximum Gasteiger partial charge on any atom is 0.270 e. The van der Waals surface area contributed by atoms with E-state index in [2.05, 4.69) is 26.2 Å². The van der Waals surface area contributed by atoms with Gasteiger partial charge in [-0.3, -0.25) is 14.4 Å². The number of nitrogens with one attached hydrogen (secondary N) is 1. The van der Waals surface area contributed by atoms with Crippen LogP contribution >= 0.6 is 0 Å². The summed E-state index contributed by atoms with van der Waals surface area (Å²) in [5.74, 6) is -2.14. The van der Waals surface area contributed by atoms with Crippen molar-refractivity contribution < 1.29 is 18.8 Å². The fraction of sp³-hybridized carbons (Fsp3) is 0.433. The number of halogens is 1. The molecule has 3 fully saturated rings. The second-order valence-electron chi connectivity index (χ2n) is 11.2. The van der Waals surface area contributed by atoms with Crippen LogP contribution in [0.4, 0.5) is 10.1 Å². The number of nitriles is 1. The Kier molecular flexibility index (Phi) is 6.84. The Morgan fingerprint density at radius 2 is 1.90 bits per heavy atom. The van der Waals surface area contributed by atoms with Crippen molar-refractivity contribution in [1.29, 1.82) is 5.26 Å². The number of rotatable bonds is 5. The van der Waals surface area contributed by atoms with Crippen LogP contribution < -0.4 is 10.2 Å². The van der Waals surface area contributed by atoms with Gasteiger partial charge in [-0.2, -0.15) is 5.26 Å². The molecule has 3 heterocycles. The molecule has 1 unspecified atom stereocenters. The third-order valence-corrected chi connectivity index (χ3v) is 8.34. The summed E-state index contributed by atoms with van der Waals surface area (Å²) in [6.45, 7) is 3.98. The van der Waals surface area contributed by atoms with Gasteiger partial charge in [0.2, 0.25) is 5.91 Å². The molecule has 40 heavy (non-hydrogen) atoms. The summed E-state index contributed by atoms with van der Waals surface area (Å²) in [4.78, 5) is 49.2. The van der Waals surface area contributed by atoms with E-state index < -0.39 is 23.6 Å². The SMILES string of the molecule is CN1CCN(C(=O)c2cc(C#N)cc(C3CC3)c2N2CC[C@@H](NC(=O)C3=CC(=O)N=C4C(F)=CC=CC34)C2)CC1. The molecule has 10 heteroatoms. The van der Waals surface area contributed by atoms with Crippen molar-refractivity contribution in [3.05, 3.63) is 64.5 Å². The zero-order valence-electron chi connectivity index (χ0n) is 22.4. The third-order valence-electron chi connectivity index (χ3n) is 8.34. The Bertz CT molecular complexity index is 1440. The Morgan fingerprint density at radius 3 is 2.62 bits per heavy atom. The van der Waals surface area contributed by atoms with Crippen LogP contribution in [-0.4, -0.2) is 85.6 Å². The number of benzene rings is 1. The number of aliphatic imine (C=N–C) groups is 1. The number of amides is 3. The lowest BCUT2D eigenvalue weighted by Gasteiger charge is -2.34. The largest absolute Gasteiger partial charge is 0.369 e. The number of hydrogen-bond donors (Lipinski definition) is 1. The molecule has 1 aromatic rings. The number of piperazine rings is 1. The van der Waals surface area contributed by atoms with Crippen LogP contribution in [0.5, 0.6) is 0 Å². The van der Waals surface area contributed by atoms with Gasteiger partial charge >= 0.3 is 0 Å². The molecular formula is C30H31FN6O3. The molecule has 3 aliphatic heterocycles. The van der Waals surface area contributed by atoms with E-state index in [1.807, 2.05) is 18.0 Å². The predicted molar refractivity (Wildman–Crippen MR) is 148 cm³/mol. The van der Waals surface area contributed by atoms with E-state index in [0.717, 1.165) is 37.2 Å². The number of allylic oxidation sites excluding steroid dienone is 4. The van der Waals surface area contributed by atoms with E-state index in [4.69, 9.17) is 0 Å². The van der Waals surface area contributed by atoms with E-state index >= 15 is 0 Å². The summed E-state index contributed by atoms with van der Waals surface area (Å²) in [6, 6.07) is 5.64. The van der Waals surface area contributed by atoms with E-state index in [1.54, 1.807) is 12.1 Å². The Morgan fingerprint density at radius 1 is 1.12 bits per heavy atom. The third kappa shape index (κ3) is 4.97. The van der Waals surface area contributed by atoms with Crippen LogP contribution in [0.3, 0.4) is 0 Å². The molecule has 5 aliphatic rings. The number of dihydropyridines is 1. The highest BCUT2D eigenvalue weighted by Crippen LogP contribution is 2.47. The molecule has 0 aromatic heterocycles. The summed E-state index contributed by atoms with van der Waals surface area (Å²) in [5, 5.41) is 12.8. The first-order chi connectivity index (χ1) is 19.3. The van der Waals surface area contributed by atoms with Crippen molar-refractivity contribution >= 4 is 29.1 Å². The van der Waals surface area contributed by atoms with Crippen molar-refractivity contribution in [2.24, 2.45) is 10.9 Å². The summed E-state index contributed by atoms with van der Waals surface area (Å²) >= 11 is 0. The average Bonchev–Trinajstić information content (AvgIpc) is 3.71. The zero-order valence-corrected chi connectivity index (χ0v) is 22.4. The minimum Gasteiger partial charge on any atom is -0.369 e. The average molecular weight is 543 g/mol. The second-order valence-corrected chi connectivity index (χ2v) is 11.2. The zero-order chi connectivity index (χ0) is 28.0. The van der Waals surface area contributed by atoms with Crippen molar-refractivity contribution in [2.75, 3.05) is 51.2 Å². The standard InChI is InChI=1S/C30H31FN6O3/c1-35-9-11-36(12-10-35)30(40)24-14-18(16-32)13-22(19-5-6-19)28(24)37-8-7-20(17-37)33-29(39)23-15-26(38)34-27-21(23)3-2-4-25(27)31/h2-4,13-15,19-21H,5-12,17H2,1H3,(H,33,39)/t20-,21?/m1/s1. The number of hydrogen-bond acceptors (Lipinski definition) is 6. The lowest BCUT2D eigenvalue weighted by molar-refractivity contribution is -0.119. The van der Waals surface area contributed by atoms with Crippen LogP contribution in [0.2, 0.25) is 0 Å². The number of carbonyl (C=O) groups is 3. The quantitative estimate of drug-likeness (QED) is 0.613. The lowest BCUT2D eigenvalue weighted by Crippen LogP contribution is -2.47. The number of carbonyl (C=O) groups excluding carboxylic acids is 3. The van der Waals surface area contributed by atoms with Gasteiger partial charge in [0, 0.05) is 57.0 Å². The molecule has 2 saturated heterocycles. The minimum absolute atomic E-state index is 0.0353.